The summed E-state index contributed by atoms with van der Waals surface area (Å²) in [6.45, 7) is 1.44. The molecule has 0 spiro atoms. The zero-order valence-corrected chi connectivity index (χ0v) is 25.7. The van der Waals surface area contributed by atoms with Crippen LogP contribution in [0.1, 0.15) is 43.3 Å². The largest absolute Gasteiger partial charge is 0.497 e. The molecule has 11 heteroatoms. The average molecular weight is 598 g/mol. The summed E-state index contributed by atoms with van der Waals surface area (Å²) in [6.07, 6.45) is 7.89. The molecule has 0 atom stereocenters. The second-order valence-electron chi connectivity index (χ2n) is 10.6. The number of aromatic nitrogens is 2. The first kappa shape index (κ1) is 31.6. The molecule has 0 aliphatic carbocycles. The molecule has 0 bridgehead atoms. The van der Waals surface area contributed by atoms with Gasteiger partial charge in [0.2, 0.25) is 0 Å². The second-order valence-corrected chi connectivity index (χ2v) is 10.6. The minimum atomic E-state index is -0.370. The normalized spacial score (nSPS) is 11.0. The number of ether oxygens (including phenoxy) is 1. The Morgan fingerprint density at radius 3 is 2.16 bits per heavy atom. The van der Waals surface area contributed by atoms with E-state index in [1.54, 1.807) is 79.3 Å². The number of amides is 3. The van der Waals surface area contributed by atoms with Crippen LogP contribution in [0.15, 0.2) is 79.3 Å². The van der Waals surface area contributed by atoms with E-state index in [0.29, 0.717) is 34.9 Å². The molecule has 4 rings (SSSR count). The Labute approximate surface area is 257 Å². The van der Waals surface area contributed by atoms with E-state index in [-0.39, 0.29) is 17.7 Å². The molecule has 230 valence electrons. The van der Waals surface area contributed by atoms with Crippen molar-refractivity contribution in [3.8, 4) is 5.75 Å². The number of hydrogen-bond acceptors (Lipinski definition) is 6. The molecule has 44 heavy (non-hydrogen) atoms. The number of anilines is 3. The molecule has 2 heterocycles. The van der Waals surface area contributed by atoms with E-state index >= 15 is 0 Å². The molecule has 0 saturated carbocycles. The number of methoxy groups -OCH3 is 1. The fraction of sp³-hybridized carbons (Fsp3) is 0.242. The molecule has 2 aromatic carbocycles. The summed E-state index contributed by atoms with van der Waals surface area (Å²) in [5.41, 5.74) is 3.93. The minimum Gasteiger partial charge on any atom is -0.497 e. The molecule has 0 saturated heterocycles. The van der Waals surface area contributed by atoms with Gasteiger partial charge in [0.1, 0.15) is 17.1 Å². The lowest BCUT2D eigenvalue weighted by Crippen LogP contribution is -2.28. The topological polar surface area (TPSA) is 122 Å². The van der Waals surface area contributed by atoms with Crippen LogP contribution in [0.5, 0.6) is 5.75 Å². The maximum atomic E-state index is 13.1. The van der Waals surface area contributed by atoms with Gasteiger partial charge in [-0.1, -0.05) is 18.2 Å². The number of nitrogens with zero attached hydrogens (tertiary/aromatic N) is 3. The van der Waals surface area contributed by atoms with Crippen LogP contribution in [0.2, 0.25) is 0 Å². The molecule has 3 amide bonds. The first-order valence-corrected chi connectivity index (χ1v) is 14.2. The number of nitrogens with one attached hydrogen (secondary N) is 4. The minimum absolute atomic E-state index is 0.206. The molecule has 2 aromatic heterocycles. The van der Waals surface area contributed by atoms with Crippen molar-refractivity contribution in [2.45, 2.75) is 6.42 Å². The molecule has 0 unspecified atom stereocenters. The molecule has 0 fully saturated rings. The lowest BCUT2D eigenvalue weighted by Gasteiger charge is -2.10. The summed E-state index contributed by atoms with van der Waals surface area (Å²) in [5, 5.41) is 11.8. The highest BCUT2D eigenvalue weighted by molar-refractivity contribution is 6.07. The summed E-state index contributed by atoms with van der Waals surface area (Å²) < 4.78 is 8.56. The van der Waals surface area contributed by atoms with Crippen LogP contribution >= 0.6 is 0 Å². The van der Waals surface area contributed by atoms with E-state index in [9.17, 15) is 14.4 Å². The van der Waals surface area contributed by atoms with Gasteiger partial charge in [-0.05, 0) is 81.2 Å². The Hall–Kier alpha value is -5.29. The van der Waals surface area contributed by atoms with E-state index < -0.39 is 0 Å². The molecule has 4 N–H and O–H groups in total. The highest BCUT2D eigenvalue weighted by Gasteiger charge is 2.17. The fourth-order valence-electron chi connectivity index (χ4n) is 4.53. The van der Waals surface area contributed by atoms with Crippen LogP contribution < -0.4 is 26.0 Å². The lowest BCUT2D eigenvalue weighted by atomic mass is 10.2. The summed E-state index contributed by atoms with van der Waals surface area (Å²) in [6, 6.07) is 18.0. The third kappa shape index (κ3) is 8.62. The van der Waals surface area contributed by atoms with Gasteiger partial charge < -0.3 is 40.0 Å². The number of rotatable bonds is 13. The van der Waals surface area contributed by atoms with Crippen LogP contribution in [0.4, 0.5) is 17.1 Å². The van der Waals surface area contributed by atoms with Gasteiger partial charge in [0.15, 0.2) is 0 Å². The first-order chi connectivity index (χ1) is 21.1. The van der Waals surface area contributed by atoms with Crippen LogP contribution in [-0.2, 0) is 14.1 Å². The van der Waals surface area contributed by atoms with Crippen LogP contribution in [-0.4, -0.2) is 66.1 Å². The van der Waals surface area contributed by atoms with Crippen molar-refractivity contribution in [2.75, 3.05) is 50.2 Å². The van der Waals surface area contributed by atoms with Gasteiger partial charge in [0.05, 0.1) is 18.5 Å². The summed E-state index contributed by atoms with van der Waals surface area (Å²) in [5.74, 6) is -0.117. The first-order valence-electron chi connectivity index (χ1n) is 14.2. The zero-order valence-electron chi connectivity index (χ0n) is 25.7. The van der Waals surface area contributed by atoms with E-state index in [2.05, 4.69) is 26.2 Å². The third-order valence-electron chi connectivity index (χ3n) is 6.80. The van der Waals surface area contributed by atoms with E-state index in [1.165, 1.54) is 0 Å². The van der Waals surface area contributed by atoms with E-state index in [4.69, 9.17) is 4.74 Å². The van der Waals surface area contributed by atoms with Crippen LogP contribution in [0.3, 0.4) is 0 Å². The van der Waals surface area contributed by atoms with Crippen LogP contribution in [0.25, 0.3) is 6.08 Å². The predicted molar refractivity (Wildman–Crippen MR) is 174 cm³/mol. The Bertz CT molecular complexity index is 1650. The van der Waals surface area contributed by atoms with E-state index in [0.717, 1.165) is 30.0 Å². The van der Waals surface area contributed by atoms with Gasteiger partial charge in [-0.2, -0.15) is 0 Å². The Kier molecular flexibility index (Phi) is 10.6. The number of carbonyl (C=O) groups is 3. The van der Waals surface area contributed by atoms with Gasteiger partial charge in [0, 0.05) is 50.5 Å². The SMILES string of the molecule is COc1cccc(/C=C/Nc2cccc(C(=O)Nc3cc(C(=O)Nc4cc(C(=O)NCCCN(C)C)n(C)c4)n(C)c3)c2)c1. The van der Waals surface area contributed by atoms with Crippen molar-refractivity contribution in [1.29, 1.82) is 0 Å². The van der Waals surface area contributed by atoms with Crippen molar-refractivity contribution < 1.29 is 19.1 Å². The van der Waals surface area contributed by atoms with Crippen molar-refractivity contribution in [3.63, 3.8) is 0 Å². The van der Waals surface area contributed by atoms with E-state index in [1.807, 2.05) is 50.5 Å². The molecule has 0 radical (unpaired) electrons. The standard InChI is InChI=1S/C33H39N7O4/c1-38(2)16-8-14-35-32(42)29-19-27(22-39(29)3)37-33(43)30-20-26(21-40(30)4)36-31(41)24-10-7-11-25(18-24)34-15-13-23-9-6-12-28(17-23)44-5/h6-7,9-13,15,17-22,34H,8,14,16H2,1-5H3,(H,35,42)(H,36,41)(H,37,43)/b15-13+. The maximum Gasteiger partial charge on any atom is 0.272 e. The Morgan fingerprint density at radius 1 is 0.818 bits per heavy atom. The average Bonchev–Trinajstić information content (AvgIpc) is 3.56. The Morgan fingerprint density at radius 2 is 1.48 bits per heavy atom. The summed E-state index contributed by atoms with van der Waals surface area (Å²) >= 11 is 0. The second kappa shape index (κ2) is 14.7. The zero-order chi connectivity index (χ0) is 31.6. The molecule has 0 aliphatic rings. The maximum absolute atomic E-state index is 13.1. The van der Waals surface area contributed by atoms with Gasteiger partial charge in [-0.15, -0.1) is 0 Å². The highest BCUT2D eigenvalue weighted by Crippen LogP contribution is 2.20. The molecule has 11 nitrogen and oxygen atoms in total. The fourth-order valence-corrected chi connectivity index (χ4v) is 4.53. The molecule has 4 aromatic rings. The summed E-state index contributed by atoms with van der Waals surface area (Å²) in [4.78, 5) is 40.7. The molecule has 0 aliphatic heterocycles. The monoisotopic (exact) mass is 597 g/mol. The third-order valence-corrected chi connectivity index (χ3v) is 6.80. The highest BCUT2D eigenvalue weighted by atomic mass is 16.5. The van der Waals surface area contributed by atoms with Crippen LogP contribution in [0, 0.1) is 0 Å². The number of aryl methyl sites for hydroxylation is 2. The Balaban J connectivity index is 1.34. The number of carbonyl (C=O) groups excluding carboxylic acids is 3. The van der Waals surface area contributed by atoms with Crippen molar-refractivity contribution in [1.82, 2.24) is 19.4 Å². The number of hydrogen-bond donors (Lipinski definition) is 4. The van der Waals surface area contributed by atoms with Gasteiger partial charge in [-0.3, -0.25) is 14.4 Å². The molecular formula is C33H39N7O4. The van der Waals surface area contributed by atoms with Gasteiger partial charge in [0.25, 0.3) is 17.7 Å². The summed E-state index contributed by atoms with van der Waals surface area (Å²) in [7, 11) is 9.07. The van der Waals surface area contributed by atoms with Crippen molar-refractivity contribution in [2.24, 2.45) is 14.1 Å². The van der Waals surface area contributed by atoms with Gasteiger partial charge in [-0.25, -0.2) is 0 Å². The quantitative estimate of drug-likeness (QED) is 0.167. The molecular weight excluding hydrogens is 558 g/mol. The van der Waals surface area contributed by atoms with Crippen molar-refractivity contribution in [3.05, 3.63) is 102 Å². The van der Waals surface area contributed by atoms with Gasteiger partial charge >= 0.3 is 0 Å². The lowest BCUT2D eigenvalue weighted by molar-refractivity contribution is 0.0942. The smallest absolute Gasteiger partial charge is 0.272 e. The van der Waals surface area contributed by atoms with Crippen molar-refractivity contribution >= 4 is 40.9 Å². The number of benzene rings is 2. The predicted octanol–water partition coefficient (Wildman–Crippen LogP) is 4.64.